The van der Waals surface area contributed by atoms with Crippen molar-refractivity contribution >= 4 is 28.6 Å². The van der Waals surface area contributed by atoms with Crippen LogP contribution in [0.25, 0.3) is 0 Å². The number of hydrogen-bond donors (Lipinski definition) is 0. The summed E-state index contributed by atoms with van der Waals surface area (Å²) in [7, 11) is 0. The van der Waals surface area contributed by atoms with E-state index in [0.29, 0.717) is 10.5 Å². The summed E-state index contributed by atoms with van der Waals surface area (Å²) < 4.78 is 39.0. The molecule has 1 aliphatic rings. The minimum atomic E-state index is -4.42. The van der Waals surface area contributed by atoms with E-state index in [-0.39, 0.29) is 13.0 Å². The Morgan fingerprint density at radius 3 is 2.53 bits per heavy atom. The minimum absolute atomic E-state index is 0.0534. The van der Waals surface area contributed by atoms with E-state index in [2.05, 4.69) is 0 Å². The Labute approximate surface area is 117 Å². The lowest BCUT2D eigenvalue weighted by Crippen LogP contribution is -2.38. The van der Waals surface area contributed by atoms with Gasteiger partial charge in [-0.25, -0.2) is 0 Å². The van der Waals surface area contributed by atoms with E-state index in [1.165, 1.54) is 0 Å². The maximum atomic E-state index is 13.0. The molecule has 0 radical (unpaired) electrons. The summed E-state index contributed by atoms with van der Waals surface area (Å²) in [5, 5.41) is -1.85. The van der Waals surface area contributed by atoms with Crippen LogP contribution in [0.5, 0.6) is 0 Å². The van der Waals surface area contributed by atoms with E-state index in [1.54, 1.807) is 30.3 Å². The summed E-state index contributed by atoms with van der Waals surface area (Å²) in [4.78, 5) is 11.3. The number of thioether (sulfide) groups is 1. The lowest BCUT2D eigenvalue weighted by Gasteiger charge is -2.25. The van der Waals surface area contributed by atoms with Gasteiger partial charge in [0.25, 0.3) is 0 Å². The molecule has 1 aromatic rings. The molecule has 0 aliphatic carbocycles. The van der Waals surface area contributed by atoms with Gasteiger partial charge in [-0.1, -0.05) is 30.3 Å². The molecular weight excluding hydrogens is 299 g/mol. The van der Waals surface area contributed by atoms with Gasteiger partial charge in [-0.3, -0.25) is 4.79 Å². The van der Waals surface area contributed by atoms with Gasteiger partial charge in [0, 0.05) is 18.2 Å². The zero-order valence-electron chi connectivity index (χ0n) is 9.73. The van der Waals surface area contributed by atoms with Crippen LogP contribution in [0.4, 0.5) is 13.2 Å². The van der Waals surface area contributed by atoms with Gasteiger partial charge >= 0.3 is 6.30 Å². The van der Waals surface area contributed by atoms with Crippen LogP contribution in [0, 0.1) is 0 Å². The van der Waals surface area contributed by atoms with Crippen molar-refractivity contribution in [3.05, 3.63) is 35.9 Å². The Bertz CT molecular complexity index is 454. The highest BCUT2D eigenvalue weighted by Gasteiger charge is 2.48. The van der Waals surface area contributed by atoms with Crippen LogP contribution in [0.1, 0.15) is 17.4 Å². The number of nitrogens with zero attached hydrogens (tertiary/aromatic N) is 1. The molecule has 104 valence electrons. The summed E-state index contributed by atoms with van der Waals surface area (Å²) in [5.41, 5.74) is 0.578. The van der Waals surface area contributed by atoms with Gasteiger partial charge < -0.3 is 0 Å². The predicted molar refractivity (Wildman–Crippen MR) is 68.8 cm³/mol. The minimum Gasteiger partial charge on any atom is -0.281 e. The Morgan fingerprint density at radius 2 is 2.00 bits per heavy atom. The van der Waals surface area contributed by atoms with Crippen LogP contribution in [-0.4, -0.2) is 28.2 Å². The molecule has 1 aliphatic heterocycles. The maximum absolute atomic E-state index is 13.0. The zero-order chi connectivity index (χ0) is 14.0. The van der Waals surface area contributed by atoms with Crippen molar-refractivity contribution in [2.75, 3.05) is 6.54 Å². The Kier molecular flexibility index (Phi) is 4.43. The molecule has 1 heterocycles. The number of benzene rings is 1. The molecule has 0 bridgehead atoms. The number of halogens is 4. The van der Waals surface area contributed by atoms with Crippen LogP contribution >= 0.6 is 23.4 Å². The molecule has 0 N–H and O–H groups in total. The molecular formula is C12H11ClF3NOS. The van der Waals surface area contributed by atoms with Crippen LogP contribution in [0.2, 0.25) is 0 Å². The van der Waals surface area contributed by atoms with Crippen molar-refractivity contribution < 1.29 is 18.0 Å². The fourth-order valence-corrected chi connectivity index (χ4v) is 3.82. The number of alkyl halides is 3. The Balaban J connectivity index is 2.22. The first-order valence-electron chi connectivity index (χ1n) is 5.60. The standard InChI is InChI=1S/C12H11ClF3NOS/c13-10(18)6-9-7-17(12(14,15)16)11(19-9)8-4-2-1-3-5-8/h1-5,9,11H,6-7H2. The average molecular weight is 310 g/mol. The summed E-state index contributed by atoms with van der Waals surface area (Å²) in [6.45, 7) is -0.216. The largest absolute Gasteiger partial charge is 0.461 e. The molecule has 2 nitrogen and oxygen atoms in total. The first-order chi connectivity index (χ1) is 8.88. The highest BCUT2D eigenvalue weighted by atomic mass is 35.5. The molecule has 0 saturated carbocycles. The fourth-order valence-electron chi connectivity index (χ4n) is 2.02. The smallest absolute Gasteiger partial charge is 0.281 e. The summed E-state index contributed by atoms with van der Waals surface area (Å²) in [6.07, 6.45) is -4.47. The molecule has 1 saturated heterocycles. The first-order valence-corrected chi connectivity index (χ1v) is 6.92. The number of carbonyl (C=O) groups is 1. The van der Waals surface area contributed by atoms with Gasteiger partial charge in [0.2, 0.25) is 5.24 Å². The molecule has 2 atom stereocenters. The topological polar surface area (TPSA) is 20.3 Å². The third-order valence-electron chi connectivity index (χ3n) is 2.80. The van der Waals surface area contributed by atoms with Gasteiger partial charge in [0.15, 0.2) is 0 Å². The molecule has 0 aromatic heterocycles. The van der Waals surface area contributed by atoms with E-state index in [4.69, 9.17) is 11.6 Å². The fraction of sp³-hybridized carbons (Fsp3) is 0.417. The monoisotopic (exact) mass is 309 g/mol. The lowest BCUT2D eigenvalue weighted by atomic mass is 10.2. The van der Waals surface area contributed by atoms with Gasteiger partial charge in [-0.15, -0.1) is 11.8 Å². The molecule has 7 heteroatoms. The van der Waals surface area contributed by atoms with E-state index >= 15 is 0 Å². The van der Waals surface area contributed by atoms with Crippen molar-refractivity contribution in [1.29, 1.82) is 0 Å². The molecule has 1 fully saturated rings. The number of rotatable bonds is 3. The lowest BCUT2D eigenvalue weighted by molar-refractivity contribution is -0.247. The molecule has 0 spiro atoms. The second-order valence-electron chi connectivity index (χ2n) is 4.20. The maximum Gasteiger partial charge on any atom is 0.461 e. The average Bonchev–Trinajstić information content (AvgIpc) is 2.73. The van der Waals surface area contributed by atoms with Crippen molar-refractivity contribution in [3.63, 3.8) is 0 Å². The number of hydrogen-bond acceptors (Lipinski definition) is 3. The van der Waals surface area contributed by atoms with Crippen molar-refractivity contribution in [2.45, 2.75) is 23.3 Å². The van der Waals surface area contributed by atoms with E-state index in [0.717, 1.165) is 11.8 Å². The highest BCUT2D eigenvalue weighted by molar-refractivity contribution is 8.00. The van der Waals surface area contributed by atoms with Gasteiger partial charge in [0.1, 0.15) is 0 Å². The van der Waals surface area contributed by atoms with E-state index in [1.807, 2.05) is 0 Å². The van der Waals surface area contributed by atoms with E-state index in [9.17, 15) is 18.0 Å². The summed E-state index contributed by atoms with van der Waals surface area (Å²) >= 11 is 6.39. The summed E-state index contributed by atoms with van der Waals surface area (Å²) in [6, 6.07) is 8.46. The Morgan fingerprint density at radius 1 is 1.37 bits per heavy atom. The van der Waals surface area contributed by atoms with Crippen molar-refractivity contribution in [1.82, 2.24) is 4.90 Å². The van der Waals surface area contributed by atoms with Gasteiger partial charge in [0.05, 0.1) is 5.37 Å². The quantitative estimate of drug-likeness (QED) is 0.626. The highest BCUT2D eigenvalue weighted by Crippen LogP contribution is 2.48. The molecule has 2 unspecified atom stereocenters. The van der Waals surface area contributed by atoms with Crippen LogP contribution in [0.3, 0.4) is 0 Å². The Hall–Kier alpha value is -0.720. The van der Waals surface area contributed by atoms with Crippen LogP contribution in [-0.2, 0) is 4.79 Å². The molecule has 0 amide bonds. The van der Waals surface area contributed by atoms with Gasteiger partial charge in [-0.05, 0) is 17.2 Å². The SMILES string of the molecule is O=C(Cl)CC1CN(C(F)(F)F)C(c2ccccc2)S1. The zero-order valence-corrected chi connectivity index (χ0v) is 11.3. The van der Waals surface area contributed by atoms with Crippen LogP contribution < -0.4 is 0 Å². The van der Waals surface area contributed by atoms with Crippen molar-refractivity contribution in [2.24, 2.45) is 0 Å². The molecule has 19 heavy (non-hydrogen) atoms. The second-order valence-corrected chi connectivity index (χ2v) is 6.01. The third-order valence-corrected chi connectivity index (χ3v) is 4.44. The normalized spacial score (nSPS) is 24.6. The number of carbonyl (C=O) groups excluding carboxylic acids is 1. The van der Waals surface area contributed by atoms with Crippen molar-refractivity contribution in [3.8, 4) is 0 Å². The predicted octanol–water partition coefficient (Wildman–Crippen LogP) is 3.78. The van der Waals surface area contributed by atoms with Crippen LogP contribution in [0.15, 0.2) is 30.3 Å². The second kappa shape index (κ2) is 5.73. The molecule has 1 aromatic carbocycles. The molecule has 2 rings (SSSR count). The third kappa shape index (κ3) is 3.64. The summed E-state index contributed by atoms with van der Waals surface area (Å²) in [5.74, 6) is 0. The first kappa shape index (κ1) is 14.7. The van der Waals surface area contributed by atoms with Gasteiger partial charge in [-0.2, -0.15) is 18.1 Å². The van der Waals surface area contributed by atoms with E-state index < -0.39 is 22.2 Å².